The predicted octanol–water partition coefficient (Wildman–Crippen LogP) is 1.99. The first kappa shape index (κ1) is 15.2. The summed E-state index contributed by atoms with van der Waals surface area (Å²) in [5.41, 5.74) is 0. The van der Waals surface area contributed by atoms with Gasteiger partial charge in [0.1, 0.15) is 6.04 Å². The lowest BCUT2D eigenvalue weighted by Crippen LogP contribution is -2.44. The third-order valence-corrected chi connectivity index (χ3v) is 1.07. The zero-order chi connectivity index (χ0) is 11.8. The van der Waals surface area contributed by atoms with E-state index in [4.69, 9.17) is 5.26 Å². The molecule has 0 aromatic heterocycles. The van der Waals surface area contributed by atoms with Gasteiger partial charge >= 0.3 is 6.18 Å². The number of alkyl halides is 3. The van der Waals surface area contributed by atoms with Crippen LogP contribution in [0.15, 0.2) is 0 Å². The molecule has 3 nitrogen and oxygen atoms in total. The van der Waals surface area contributed by atoms with Crippen molar-refractivity contribution in [3.05, 3.63) is 0 Å². The summed E-state index contributed by atoms with van der Waals surface area (Å²) < 4.78 is 35.7. The van der Waals surface area contributed by atoms with Crippen LogP contribution in [0.25, 0.3) is 0 Å². The second kappa shape index (κ2) is 7.18. The van der Waals surface area contributed by atoms with E-state index in [9.17, 15) is 18.0 Å². The molecule has 0 aromatic rings. The molecule has 0 heterocycles. The highest BCUT2D eigenvalue weighted by atomic mass is 19.4. The lowest BCUT2D eigenvalue weighted by atomic mass is 10.2. The molecule has 0 rings (SSSR count). The van der Waals surface area contributed by atoms with Crippen LogP contribution >= 0.6 is 0 Å². The maximum absolute atomic E-state index is 11.9. The van der Waals surface area contributed by atoms with Crippen molar-refractivity contribution in [1.82, 2.24) is 5.32 Å². The van der Waals surface area contributed by atoms with Crippen molar-refractivity contribution in [2.24, 2.45) is 0 Å². The summed E-state index contributed by atoms with van der Waals surface area (Å²) >= 11 is 0. The Morgan fingerprint density at radius 1 is 1.50 bits per heavy atom. The monoisotopic (exact) mass is 210 g/mol. The van der Waals surface area contributed by atoms with Crippen LogP contribution in [0, 0.1) is 11.3 Å². The van der Waals surface area contributed by atoms with Gasteiger partial charge < -0.3 is 5.32 Å². The van der Waals surface area contributed by atoms with Gasteiger partial charge in [0.2, 0.25) is 5.91 Å². The molecule has 1 amide bonds. The Labute approximate surface area is 80.9 Å². The minimum atomic E-state index is -4.55. The van der Waals surface area contributed by atoms with Crippen molar-refractivity contribution < 1.29 is 18.0 Å². The highest BCUT2D eigenvalue weighted by molar-refractivity contribution is 5.73. The Balaban J connectivity index is 0. The molecule has 0 aliphatic rings. The Kier molecular flexibility index (Phi) is 7.81. The van der Waals surface area contributed by atoms with Crippen LogP contribution in [0.2, 0.25) is 0 Å². The van der Waals surface area contributed by atoms with Gasteiger partial charge in [-0.15, -0.1) is 0 Å². The summed E-state index contributed by atoms with van der Waals surface area (Å²) in [4.78, 5) is 10.3. The number of amides is 1. The zero-order valence-electron chi connectivity index (χ0n) is 8.27. The van der Waals surface area contributed by atoms with E-state index < -0.39 is 24.5 Å². The molecule has 0 bridgehead atoms. The number of hydrogen-bond donors (Lipinski definition) is 1. The molecule has 0 spiro atoms. The summed E-state index contributed by atoms with van der Waals surface area (Å²) in [6, 6.07) is -0.711. The normalized spacial score (nSPS) is 11.8. The zero-order valence-corrected chi connectivity index (χ0v) is 8.27. The summed E-state index contributed by atoms with van der Waals surface area (Å²) in [5.74, 6) is -0.799. The second-order valence-electron chi connectivity index (χ2n) is 2.16. The van der Waals surface area contributed by atoms with Gasteiger partial charge in [-0.1, -0.05) is 13.8 Å². The number of hydrogen-bond acceptors (Lipinski definition) is 2. The van der Waals surface area contributed by atoms with E-state index in [1.54, 1.807) is 5.32 Å². The molecule has 0 saturated heterocycles. The van der Waals surface area contributed by atoms with Gasteiger partial charge in [0, 0.05) is 6.92 Å². The van der Waals surface area contributed by atoms with Crippen molar-refractivity contribution in [3.63, 3.8) is 0 Å². The molecule has 0 aromatic carbocycles. The fraction of sp³-hybridized carbons (Fsp3) is 0.750. The molecule has 82 valence electrons. The predicted molar refractivity (Wildman–Crippen MR) is 45.2 cm³/mol. The summed E-state index contributed by atoms with van der Waals surface area (Å²) in [6.45, 7) is 4.97. The fourth-order valence-electron chi connectivity index (χ4n) is 0.585. The minimum absolute atomic E-state index is 0.761. The number of nitrogens with one attached hydrogen (secondary N) is 1. The largest absolute Gasteiger partial charge is 0.409 e. The van der Waals surface area contributed by atoms with Gasteiger partial charge in [0.25, 0.3) is 0 Å². The first-order valence-corrected chi connectivity index (χ1v) is 4.08. The van der Waals surface area contributed by atoms with Crippen LogP contribution in [0.5, 0.6) is 0 Å². The average Bonchev–Trinajstić information content (AvgIpc) is 2.05. The molecule has 1 atom stereocenters. The van der Waals surface area contributed by atoms with Crippen LogP contribution in [-0.4, -0.2) is 18.1 Å². The molecular formula is C8H13F3N2O. The summed E-state index contributed by atoms with van der Waals surface area (Å²) in [6.07, 6.45) is -5.32. The second-order valence-corrected chi connectivity index (χ2v) is 2.16. The van der Waals surface area contributed by atoms with E-state index >= 15 is 0 Å². The molecule has 0 aliphatic heterocycles. The number of nitrogens with zero attached hydrogens (tertiary/aromatic N) is 1. The van der Waals surface area contributed by atoms with Gasteiger partial charge in [0.05, 0.1) is 12.5 Å². The van der Waals surface area contributed by atoms with E-state index in [2.05, 4.69) is 0 Å². The number of rotatable bonds is 2. The molecule has 0 radical (unpaired) electrons. The maximum atomic E-state index is 11.9. The number of carbonyl (C=O) groups is 1. The van der Waals surface area contributed by atoms with Crippen LogP contribution in [-0.2, 0) is 4.79 Å². The van der Waals surface area contributed by atoms with Crippen molar-refractivity contribution in [3.8, 4) is 6.07 Å². The maximum Gasteiger partial charge on any atom is 0.409 e. The van der Waals surface area contributed by atoms with Crippen molar-refractivity contribution >= 4 is 5.91 Å². The summed E-state index contributed by atoms with van der Waals surface area (Å²) in [5, 5.41) is 9.65. The molecule has 1 unspecified atom stereocenters. The average molecular weight is 210 g/mol. The fourth-order valence-corrected chi connectivity index (χ4v) is 0.585. The third-order valence-electron chi connectivity index (χ3n) is 1.07. The lowest BCUT2D eigenvalue weighted by Gasteiger charge is -2.17. The van der Waals surface area contributed by atoms with E-state index in [1.165, 1.54) is 6.07 Å². The number of carbonyl (C=O) groups excluding carboxylic acids is 1. The van der Waals surface area contributed by atoms with Crippen LogP contribution in [0.1, 0.15) is 27.2 Å². The molecule has 0 aliphatic carbocycles. The quantitative estimate of drug-likeness (QED) is 0.757. The number of nitriles is 1. The minimum Gasteiger partial charge on any atom is -0.344 e. The first-order chi connectivity index (χ1) is 6.38. The van der Waals surface area contributed by atoms with E-state index in [0.29, 0.717) is 0 Å². The highest BCUT2D eigenvalue weighted by Gasteiger charge is 2.39. The molecule has 6 heteroatoms. The SMILES string of the molecule is CC.CC(=O)NC(CC#N)C(F)(F)F. The van der Waals surface area contributed by atoms with Gasteiger partial charge in [-0.25, -0.2) is 0 Å². The third kappa shape index (κ3) is 7.40. The Bertz CT molecular complexity index is 208. The van der Waals surface area contributed by atoms with E-state index in [0.717, 1.165) is 6.92 Å². The smallest absolute Gasteiger partial charge is 0.344 e. The van der Waals surface area contributed by atoms with Crippen LogP contribution in [0.4, 0.5) is 13.2 Å². The summed E-state index contributed by atoms with van der Waals surface area (Å²) in [7, 11) is 0. The Hall–Kier alpha value is -1.25. The van der Waals surface area contributed by atoms with Crippen molar-refractivity contribution in [1.29, 1.82) is 5.26 Å². The van der Waals surface area contributed by atoms with Gasteiger partial charge in [-0.05, 0) is 0 Å². The molecule has 0 saturated carbocycles. The highest BCUT2D eigenvalue weighted by Crippen LogP contribution is 2.21. The Morgan fingerprint density at radius 2 is 1.93 bits per heavy atom. The van der Waals surface area contributed by atoms with Crippen LogP contribution < -0.4 is 5.32 Å². The molecule has 0 fully saturated rings. The molecule has 14 heavy (non-hydrogen) atoms. The van der Waals surface area contributed by atoms with Crippen LogP contribution in [0.3, 0.4) is 0 Å². The Morgan fingerprint density at radius 3 is 2.14 bits per heavy atom. The molecule has 1 N–H and O–H groups in total. The van der Waals surface area contributed by atoms with Gasteiger partial charge in [-0.3, -0.25) is 4.79 Å². The van der Waals surface area contributed by atoms with Crippen molar-refractivity contribution in [2.45, 2.75) is 39.4 Å². The van der Waals surface area contributed by atoms with Gasteiger partial charge in [-0.2, -0.15) is 18.4 Å². The van der Waals surface area contributed by atoms with Crippen molar-refractivity contribution in [2.75, 3.05) is 0 Å². The number of halogens is 3. The van der Waals surface area contributed by atoms with E-state index in [-0.39, 0.29) is 0 Å². The standard InChI is InChI=1S/C6H7F3N2O.C2H6/c1-4(12)11-5(2-3-10)6(7,8)9;1-2/h5H,2H2,1H3,(H,11,12);1-2H3. The molecular weight excluding hydrogens is 197 g/mol. The topological polar surface area (TPSA) is 52.9 Å². The first-order valence-electron chi connectivity index (χ1n) is 4.08. The lowest BCUT2D eigenvalue weighted by molar-refractivity contribution is -0.160. The van der Waals surface area contributed by atoms with Gasteiger partial charge in [0.15, 0.2) is 0 Å². The van der Waals surface area contributed by atoms with E-state index in [1.807, 2.05) is 13.8 Å².